The molecular weight excluding hydrogens is 412 g/mol. The molecule has 1 aromatic heterocycles. The van der Waals surface area contributed by atoms with Crippen molar-refractivity contribution < 1.29 is 4.79 Å². The summed E-state index contributed by atoms with van der Waals surface area (Å²) in [6.07, 6.45) is 2.55. The van der Waals surface area contributed by atoms with Crippen LogP contribution in [0, 0.1) is 11.8 Å². The maximum Gasteiger partial charge on any atom is 0.274 e. The number of carbonyl (C=O) groups is 1. The molecule has 1 saturated heterocycles. The van der Waals surface area contributed by atoms with Crippen molar-refractivity contribution in [2.75, 3.05) is 13.1 Å². The second-order valence-corrected chi connectivity index (χ2v) is 9.73. The van der Waals surface area contributed by atoms with Gasteiger partial charge in [0.1, 0.15) is 0 Å². The lowest BCUT2D eigenvalue weighted by Gasteiger charge is -2.30. The summed E-state index contributed by atoms with van der Waals surface area (Å²) in [5.74, 6) is 0.817. The van der Waals surface area contributed by atoms with Gasteiger partial charge in [-0.2, -0.15) is 5.10 Å². The number of aromatic nitrogens is 2. The van der Waals surface area contributed by atoms with E-state index in [1.54, 1.807) is 12.1 Å². The van der Waals surface area contributed by atoms with Crippen LogP contribution in [0.1, 0.15) is 55.2 Å². The summed E-state index contributed by atoms with van der Waals surface area (Å²) < 4.78 is 1.41. The average molecular weight is 447 g/mol. The van der Waals surface area contributed by atoms with E-state index in [0.29, 0.717) is 29.6 Å². The SMILES string of the molecule is CC(C)Cn1nc(C(=O)NCc2ccc(CN3CCC(C)CC3)cc2)c2ccccc2c1=O. The normalized spacial score (nSPS) is 15.3. The Hall–Kier alpha value is -2.99. The molecule has 0 radical (unpaired) electrons. The van der Waals surface area contributed by atoms with Crippen molar-refractivity contribution in [3.8, 4) is 0 Å². The fourth-order valence-electron chi connectivity index (χ4n) is 4.38. The van der Waals surface area contributed by atoms with E-state index in [9.17, 15) is 9.59 Å². The van der Waals surface area contributed by atoms with E-state index < -0.39 is 0 Å². The third kappa shape index (κ3) is 5.69. The zero-order chi connectivity index (χ0) is 23.4. The largest absolute Gasteiger partial charge is 0.347 e. The predicted octanol–water partition coefficient (Wildman–Crippen LogP) is 4.21. The van der Waals surface area contributed by atoms with Gasteiger partial charge in [0.05, 0.1) is 5.39 Å². The summed E-state index contributed by atoms with van der Waals surface area (Å²) in [5.41, 5.74) is 2.48. The molecule has 1 N–H and O–H groups in total. The predicted molar refractivity (Wildman–Crippen MR) is 132 cm³/mol. The fraction of sp³-hybridized carbons (Fsp3) is 0.444. The first-order chi connectivity index (χ1) is 15.9. The van der Waals surface area contributed by atoms with E-state index in [0.717, 1.165) is 18.0 Å². The summed E-state index contributed by atoms with van der Waals surface area (Å²) in [7, 11) is 0. The van der Waals surface area contributed by atoms with Gasteiger partial charge < -0.3 is 5.32 Å². The van der Waals surface area contributed by atoms with Crippen LogP contribution in [0.3, 0.4) is 0 Å². The van der Waals surface area contributed by atoms with Gasteiger partial charge in [-0.3, -0.25) is 14.5 Å². The number of hydrogen-bond acceptors (Lipinski definition) is 4. The van der Waals surface area contributed by atoms with Gasteiger partial charge in [0.2, 0.25) is 0 Å². The standard InChI is InChI=1S/C27H34N4O2/c1-19(2)17-31-27(33)24-7-5-4-6-23(24)25(29-31)26(32)28-16-21-8-10-22(11-9-21)18-30-14-12-20(3)13-15-30/h4-11,19-20H,12-18H2,1-3H3,(H,28,32). The zero-order valence-corrected chi connectivity index (χ0v) is 19.9. The zero-order valence-electron chi connectivity index (χ0n) is 19.9. The molecular formula is C27H34N4O2. The monoisotopic (exact) mass is 446 g/mol. The van der Waals surface area contributed by atoms with Crippen molar-refractivity contribution >= 4 is 16.7 Å². The van der Waals surface area contributed by atoms with Crippen LogP contribution in [0.25, 0.3) is 10.8 Å². The van der Waals surface area contributed by atoms with Gasteiger partial charge in [0.25, 0.3) is 11.5 Å². The first kappa shape index (κ1) is 23.2. The van der Waals surface area contributed by atoms with Crippen molar-refractivity contribution in [1.29, 1.82) is 0 Å². The molecule has 1 aliphatic heterocycles. The van der Waals surface area contributed by atoms with Crippen molar-refractivity contribution in [2.45, 2.75) is 53.2 Å². The molecule has 33 heavy (non-hydrogen) atoms. The Kier molecular flexibility index (Phi) is 7.23. The first-order valence-electron chi connectivity index (χ1n) is 12.0. The van der Waals surface area contributed by atoms with Gasteiger partial charge in [-0.1, -0.05) is 63.2 Å². The number of amides is 1. The van der Waals surface area contributed by atoms with E-state index in [1.807, 2.05) is 26.0 Å². The van der Waals surface area contributed by atoms with E-state index in [1.165, 1.54) is 36.2 Å². The van der Waals surface area contributed by atoms with E-state index in [2.05, 4.69) is 46.5 Å². The molecule has 4 rings (SSSR count). The topological polar surface area (TPSA) is 67.2 Å². The molecule has 0 atom stereocenters. The maximum absolute atomic E-state index is 13.0. The highest BCUT2D eigenvalue weighted by Gasteiger charge is 2.18. The second-order valence-electron chi connectivity index (χ2n) is 9.73. The summed E-state index contributed by atoms with van der Waals surface area (Å²) in [6, 6.07) is 15.6. The number of nitrogens with zero attached hydrogens (tertiary/aromatic N) is 3. The molecule has 1 fully saturated rings. The Labute approximate surface area is 195 Å². The first-order valence-corrected chi connectivity index (χ1v) is 12.0. The van der Waals surface area contributed by atoms with Gasteiger partial charge in [-0.25, -0.2) is 4.68 Å². The molecule has 1 amide bonds. The molecule has 2 aromatic carbocycles. The van der Waals surface area contributed by atoms with Crippen LogP contribution in [-0.4, -0.2) is 33.7 Å². The molecule has 3 aromatic rings. The molecule has 6 heteroatoms. The summed E-state index contributed by atoms with van der Waals surface area (Å²) in [6.45, 7) is 10.6. The second kappa shape index (κ2) is 10.3. The van der Waals surface area contributed by atoms with E-state index >= 15 is 0 Å². The lowest BCUT2D eigenvalue weighted by molar-refractivity contribution is 0.0945. The number of piperidine rings is 1. The Morgan fingerprint density at radius 1 is 1.03 bits per heavy atom. The molecule has 1 aliphatic rings. The van der Waals surface area contributed by atoms with Crippen molar-refractivity contribution in [2.24, 2.45) is 11.8 Å². The molecule has 174 valence electrons. The minimum atomic E-state index is -0.268. The van der Waals surface area contributed by atoms with Crippen LogP contribution in [0.4, 0.5) is 0 Å². The van der Waals surface area contributed by atoms with Gasteiger partial charge >= 0.3 is 0 Å². The molecule has 2 heterocycles. The Morgan fingerprint density at radius 2 is 1.67 bits per heavy atom. The highest BCUT2D eigenvalue weighted by molar-refractivity contribution is 6.04. The van der Waals surface area contributed by atoms with Crippen LogP contribution < -0.4 is 10.9 Å². The van der Waals surface area contributed by atoms with Crippen LogP contribution in [0.2, 0.25) is 0 Å². The molecule has 0 unspecified atom stereocenters. The Morgan fingerprint density at radius 3 is 2.33 bits per heavy atom. The number of rotatable bonds is 7. The lowest BCUT2D eigenvalue weighted by Crippen LogP contribution is -2.32. The minimum Gasteiger partial charge on any atom is -0.347 e. The van der Waals surface area contributed by atoms with Gasteiger partial charge in [-0.15, -0.1) is 0 Å². The van der Waals surface area contributed by atoms with Crippen molar-refractivity contribution in [3.63, 3.8) is 0 Å². The number of fused-ring (bicyclic) bond motifs is 1. The Balaban J connectivity index is 1.44. The molecule has 0 spiro atoms. The van der Waals surface area contributed by atoms with Crippen LogP contribution in [-0.2, 0) is 19.6 Å². The molecule has 0 saturated carbocycles. The number of likely N-dealkylation sites (tertiary alicyclic amines) is 1. The highest BCUT2D eigenvalue weighted by atomic mass is 16.2. The third-order valence-electron chi connectivity index (χ3n) is 6.38. The summed E-state index contributed by atoms with van der Waals surface area (Å²) in [5, 5.41) is 8.52. The van der Waals surface area contributed by atoms with E-state index in [4.69, 9.17) is 0 Å². The van der Waals surface area contributed by atoms with E-state index in [-0.39, 0.29) is 17.4 Å². The van der Waals surface area contributed by atoms with Gasteiger partial charge in [0, 0.05) is 25.0 Å². The minimum absolute atomic E-state index is 0.158. The molecule has 0 bridgehead atoms. The number of hydrogen-bond donors (Lipinski definition) is 1. The quantitative estimate of drug-likeness (QED) is 0.590. The maximum atomic E-state index is 13.0. The summed E-state index contributed by atoms with van der Waals surface area (Å²) >= 11 is 0. The highest BCUT2D eigenvalue weighted by Crippen LogP contribution is 2.18. The van der Waals surface area contributed by atoms with Crippen LogP contribution in [0.15, 0.2) is 53.3 Å². The third-order valence-corrected chi connectivity index (χ3v) is 6.38. The number of nitrogens with one attached hydrogen (secondary N) is 1. The van der Waals surface area contributed by atoms with Crippen molar-refractivity contribution in [1.82, 2.24) is 20.0 Å². The van der Waals surface area contributed by atoms with Crippen LogP contribution in [0.5, 0.6) is 0 Å². The number of carbonyl (C=O) groups excluding carboxylic acids is 1. The smallest absolute Gasteiger partial charge is 0.274 e. The average Bonchev–Trinajstić information content (AvgIpc) is 2.81. The lowest BCUT2D eigenvalue weighted by atomic mass is 9.99. The van der Waals surface area contributed by atoms with Gasteiger partial charge in [-0.05, 0) is 55.0 Å². The van der Waals surface area contributed by atoms with Gasteiger partial charge in [0.15, 0.2) is 5.69 Å². The van der Waals surface area contributed by atoms with Crippen LogP contribution >= 0.6 is 0 Å². The summed E-state index contributed by atoms with van der Waals surface area (Å²) in [4.78, 5) is 28.3. The molecule has 6 nitrogen and oxygen atoms in total. The van der Waals surface area contributed by atoms with Crippen molar-refractivity contribution in [3.05, 3.63) is 75.7 Å². The molecule has 0 aliphatic carbocycles. The Bertz CT molecular complexity index is 1160. The number of benzene rings is 2. The fourth-order valence-corrected chi connectivity index (χ4v) is 4.38.